The summed E-state index contributed by atoms with van der Waals surface area (Å²) < 4.78 is 1.84. The van der Waals surface area contributed by atoms with Crippen molar-refractivity contribution in [2.45, 2.75) is 13.1 Å². The van der Waals surface area contributed by atoms with E-state index in [0.717, 1.165) is 54.6 Å². The molecule has 1 aliphatic rings. The first-order valence-electron chi connectivity index (χ1n) is 9.96. The molecular weight excluding hydrogens is 473 g/mol. The second-order valence-corrected chi connectivity index (χ2v) is 9.02. The van der Waals surface area contributed by atoms with E-state index in [1.165, 1.54) is 0 Å². The van der Waals surface area contributed by atoms with Crippen molar-refractivity contribution < 1.29 is 0 Å². The van der Waals surface area contributed by atoms with Gasteiger partial charge in [0, 0.05) is 59.6 Å². The summed E-state index contributed by atoms with van der Waals surface area (Å²) >= 11 is 24.5. The summed E-state index contributed by atoms with van der Waals surface area (Å²) in [5.41, 5.74) is 2.87. The zero-order valence-corrected chi connectivity index (χ0v) is 19.9. The van der Waals surface area contributed by atoms with Crippen LogP contribution < -0.4 is 5.32 Å². The van der Waals surface area contributed by atoms with Crippen molar-refractivity contribution in [3.8, 4) is 0 Å². The maximum atomic E-state index is 6.31. The molecule has 31 heavy (non-hydrogen) atoms. The number of anilines is 1. The lowest BCUT2D eigenvalue weighted by molar-refractivity contribution is 0.177. The Labute approximate surface area is 202 Å². The average molecular weight is 495 g/mol. The van der Waals surface area contributed by atoms with Gasteiger partial charge in [-0.2, -0.15) is 5.10 Å². The number of rotatable bonds is 5. The topological polar surface area (TPSA) is 36.3 Å². The van der Waals surface area contributed by atoms with E-state index in [1.54, 1.807) is 6.20 Å². The average Bonchev–Trinajstić information content (AvgIpc) is 3.20. The zero-order chi connectivity index (χ0) is 21.8. The third-order valence-corrected chi connectivity index (χ3v) is 6.71. The van der Waals surface area contributed by atoms with Gasteiger partial charge in [-0.25, -0.2) is 0 Å². The highest BCUT2D eigenvalue weighted by Crippen LogP contribution is 2.26. The molecule has 5 nitrogen and oxygen atoms in total. The lowest BCUT2D eigenvalue weighted by Gasteiger charge is -2.36. The number of halogens is 3. The summed E-state index contributed by atoms with van der Waals surface area (Å²) in [4.78, 5) is 4.51. The molecule has 1 saturated heterocycles. The van der Waals surface area contributed by atoms with E-state index >= 15 is 0 Å². The molecule has 2 aromatic carbocycles. The number of piperazine rings is 1. The Kier molecular flexibility index (Phi) is 7.35. The Morgan fingerprint density at radius 2 is 1.58 bits per heavy atom. The van der Waals surface area contributed by atoms with Crippen LogP contribution >= 0.6 is 47.0 Å². The van der Waals surface area contributed by atoms with Gasteiger partial charge in [-0.3, -0.25) is 9.58 Å². The highest BCUT2D eigenvalue weighted by Gasteiger charge is 2.21. The van der Waals surface area contributed by atoms with Crippen LogP contribution in [0.5, 0.6) is 0 Å². The van der Waals surface area contributed by atoms with Crippen LogP contribution in [-0.4, -0.2) is 50.9 Å². The predicted molar refractivity (Wildman–Crippen MR) is 132 cm³/mol. The van der Waals surface area contributed by atoms with Crippen LogP contribution in [0.25, 0.3) is 0 Å². The van der Waals surface area contributed by atoms with Gasteiger partial charge in [0.2, 0.25) is 0 Å². The van der Waals surface area contributed by atoms with Gasteiger partial charge in [0.1, 0.15) is 0 Å². The van der Waals surface area contributed by atoms with Gasteiger partial charge in [0.15, 0.2) is 5.11 Å². The number of nitrogens with one attached hydrogen (secondary N) is 1. The SMILES string of the molecule is S=C(Nc1cnn(Cc2ccccc2Cl)c1)N1CCN(Cc2c(Cl)cccc2Cl)CC1. The largest absolute Gasteiger partial charge is 0.346 e. The second-order valence-electron chi connectivity index (χ2n) is 7.41. The minimum Gasteiger partial charge on any atom is -0.346 e. The molecule has 2 heterocycles. The first-order valence-corrected chi connectivity index (χ1v) is 11.5. The zero-order valence-electron chi connectivity index (χ0n) is 16.8. The van der Waals surface area contributed by atoms with Crippen LogP contribution in [0.1, 0.15) is 11.1 Å². The van der Waals surface area contributed by atoms with Crippen molar-refractivity contribution in [2.75, 3.05) is 31.5 Å². The fourth-order valence-electron chi connectivity index (χ4n) is 3.53. The van der Waals surface area contributed by atoms with E-state index in [-0.39, 0.29) is 0 Å². The molecule has 0 amide bonds. The Balaban J connectivity index is 1.29. The van der Waals surface area contributed by atoms with Crippen molar-refractivity contribution >= 4 is 57.8 Å². The second kappa shape index (κ2) is 10.2. The number of aromatic nitrogens is 2. The molecule has 162 valence electrons. The fraction of sp³-hybridized carbons (Fsp3) is 0.273. The molecule has 0 atom stereocenters. The van der Waals surface area contributed by atoms with Crippen LogP contribution in [0.15, 0.2) is 54.9 Å². The minimum absolute atomic E-state index is 0.609. The lowest BCUT2D eigenvalue weighted by Crippen LogP contribution is -2.49. The molecule has 1 fully saturated rings. The van der Waals surface area contributed by atoms with Crippen molar-refractivity contribution in [1.82, 2.24) is 19.6 Å². The summed E-state index contributed by atoms with van der Waals surface area (Å²) in [6, 6.07) is 13.4. The molecule has 1 N–H and O–H groups in total. The van der Waals surface area contributed by atoms with E-state index in [2.05, 4.69) is 20.2 Å². The van der Waals surface area contributed by atoms with Crippen molar-refractivity contribution in [3.63, 3.8) is 0 Å². The highest BCUT2D eigenvalue weighted by molar-refractivity contribution is 7.80. The maximum Gasteiger partial charge on any atom is 0.173 e. The van der Waals surface area contributed by atoms with Gasteiger partial charge >= 0.3 is 0 Å². The molecule has 4 rings (SSSR count). The number of hydrogen-bond donors (Lipinski definition) is 1. The lowest BCUT2D eigenvalue weighted by atomic mass is 10.2. The summed E-state index contributed by atoms with van der Waals surface area (Å²) in [5.74, 6) is 0. The van der Waals surface area contributed by atoms with Gasteiger partial charge in [0.25, 0.3) is 0 Å². The Bertz CT molecular complexity index is 1040. The molecule has 0 radical (unpaired) electrons. The molecule has 0 spiro atoms. The molecule has 0 unspecified atom stereocenters. The van der Waals surface area contributed by atoms with E-state index in [4.69, 9.17) is 47.0 Å². The number of nitrogens with zero attached hydrogens (tertiary/aromatic N) is 4. The fourth-order valence-corrected chi connectivity index (χ4v) is 4.55. The molecule has 0 aliphatic carbocycles. The maximum absolute atomic E-state index is 6.31. The summed E-state index contributed by atoms with van der Waals surface area (Å²) in [7, 11) is 0. The quantitative estimate of drug-likeness (QED) is 0.480. The Morgan fingerprint density at radius 3 is 2.29 bits per heavy atom. The number of thiocarbonyl (C=S) groups is 1. The van der Waals surface area contributed by atoms with Crippen molar-refractivity contribution in [3.05, 3.63) is 81.1 Å². The smallest absolute Gasteiger partial charge is 0.173 e. The summed E-state index contributed by atoms with van der Waals surface area (Å²) in [6.07, 6.45) is 3.71. The van der Waals surface area contributed by atoms with Crippen LogP contribution in [-0.2, 0) is 13.1 Å². The first kappa shape index (κ1) is 22.4. The highest BCUT2D eigenvalue weighted by atomic mass is 35.5. The minimum atomic E-state index is 0.609. The van der Waals surface area contributed by atoms with Crippen LogP contribution in [0.4, 0.5) is 5.69 Å². The predicted octanol–water partition coefficient (Wildman–Crippen LogP) is 5.41. The van der Waals surface area contributed by atoms with Gasteiger partial charge in [0.05, 0.1) is 18.4 Å². The normalized spacial score (nSPS) is 14.6. The van der Waals surface area contributed by atoms with Crippen molar-refractivity contribution in [1.29, 1.82) is 0 Å². The standard InChI is InChI=1S/C22H22Cl3N5S/c23-19-5-2-1-4-16(19)13-30-14-17(12-26-30)27-22(31)29-10-8-28(9-11-29)15-18-20(24)6-3-7-21(18)25/h1-7,12,14H,8-11,13,15H2,(H,27,31). The molecular formula is C22H22Cl3N5S. The van der Waals surface area contributed by atoms with Crippen LogP contribution in [0, 0.1) is 0 Å². The summed E-state index contributed by atoms with van der Waals surface area (Å²) in [5, 5.41) is 10.6. The Hall–Kier alpha value is -1.83. The third kappa shape index (κ3) is 5.70. The van der Waals surface area contributed by atoms with E-state index in [9.17, 15) is 0 Å². The molecule has 3 aromatic rings. The van der Waals surface area contributed by atoms with Gasteiger partial charge in [-0.1, -0.05) is 59.1 Å². The van der Waals surface area contributed by atoms with Gasteiger partial charge < -0.3 is 10.2 Å². The summed E-state index contributed by atoms with van der Waals surface area (Å²) in [6.45, 7) is 4.78. The number of hydrogen-bond acceptors (Lipinski definition) is 3. The first-order chi connectivity index (χ1) is 15.0. The van der Waals surface area contributed by atoms with Crippen molar-refractivity contribution in [2.24, 2.45) is 0 Å². The van der Waals surface area contributed by atoms with E-state index in [1.807, 2.05) is 53.3 Å². The molecule has 1 aromatic heterocycles. The van der Waals surface area contributed by atoms with Gasteiger partial charge in [-0.15, -0.1) is 0 Å². The van der Waals surface area contributed by atoms with Crippen LogP contribution in [0.3, 0.4) is 0 Å². The molecule has 1 aliphatic heterocycles. The number of benzene rings is 2. The molecule has 0 saturated carbocycles. The van der Waals surface area contributed by atoms with E-state index in [0.29, 0.717) is 21.7 Å². The monoisotopic (exact) mass is 493 g/mol. The third-order valence-electron chi connectivity index (χ3n) is 5.28. The molecule has 9 heteroatoms. The Morgan fingerprint density at radius 1 is 0.903 bits per heavy atom. The van der Waals surface area contributed by atoms with Gasteiger partial charge in [-0.05, 0) is 36.0 Å². The van der Waals surface area contributed by atoms with Crippen LogP contribution in [0.2, 0.25) is 15.1 Å². The molecule has 0 bridgehead atoms. The van der Waals surface area contributed by atoms with E-state index < -0.39 is 0 Å².